The lowest BCUT2D eigenvalue weighted by molar-refractivity contribution is 0.132. The molecule has 0 unspecified atom stereocenters. The standard InChI is InChI=1S/C9H16BrNO/c1-9(10)8-12-7-6-11-4-2-3-5-11/h1-8H2. The third-order valence-corrected chi connectivity index (χ3v) is 2.24. The Morgan fingerprint density at radius 3 is 2.67 bits per heavy atom. The van der Waals surface area contributed by atoms with Gasteiger partial charge in [0.2, 0.25) is 0 Å². The van der Waals surface area contributed by atoms with Gasteiger partial charge >= 0.3 is 0 Å². The van der Waals surface area contributed by atoms with Gasteiger partial charge in [-0.3, -0.25) is 0 Å². The van der Waals surface area contributed by atoms with E-state index in [-0.39, 0.29) is 0 Å². The summed E-state index contributed by atoms with van der Waals surface area (Å²) in [6, 6.07) is 0. The Bertz CT molecular complexity index is 143. The van der Waals surface area contributed by atoms with Gasteiger partial charge in [0.1, 0.15) is 0 Å². The molecule has 0 radical (unpaired) electrons. The quantitative estimate of drug-likeness (QED) is 0.674. The molecule has 0 aromatic heterocycles. The van der Waals surface area contributed by atoms with Crippen molar-refractivity contribution in [2.75, 3.05) is 32.8 Å². The van der Waals surface area contributed by atoms with Crippen LogP contribution in [0, 0.1) is 0 Å². The van der Waals surface area contributed by atoms with Gasteiger partial charge in [0, 0.05) is 11.0 Å². The minimum Gasteiger partial charge on any atom is -0.375 e. The molecule has 1 fully saturated rings. The van der Waals surface area contributed by atoms with Crippen LogP contribution in [0.3, 0.4) is 0 Å². The first-order chi connectivity index (χ1) is 5.79. The van der Waals surface area contributed by atoms with Crippen molar-refractivity contribution in [3.63, 3.8) is 0 Å². The van der Waals surface area contributed by atoms with Crippen molar-refractivity contribution < 1.29 is 4.74 Å². The molecule has 3 heteroatoms. The zero-order chi connectivity index (χ0) is 8.81. The molecule has 1 aliphatic rings. The summed E-state index contributed by atoms with van der Waals surface area (Å²) in [5, 5.41) is 0. The Hall–Kier alpha value is 0.140. The molecule has 0 N–H and O–H groups in total. The van der Waals surface area contributed by atoms with E-state index in [1.807, 2.05) is 0 Å². The lowest BCUT2D eigenvalue weighted by Gasteiger charge is -2.13. The SMILES string of the molecule is C=C(Br)COCCN1CCCC1. The molecule has 0 aliphatic carbocycles. The molecule has 0 aromatic rings. The number of hydrogen-bond donors (Lipinski definition) is 0. The highest BCUT2D eigenvalue weighted by atomic mass is 79.9. The zero-order valence-corrected chi connectivity index (χ0v) is 8.98. The molecule has 1 aliphatic heterocycles. The van der Waals surface area contributed by atoms with Crippen molar-refractivity contribution in [2.45, 2.75) is 12.8 Å². The van der Waals surface area contributed by atoms with Crippen LogP contribution in [0.2, 0.25) is 0 Å². The second-order valence-electron chi connectivity index (χ2n) is 3.12. The lowest BCUT2D eigenvalue weighted by Crippen LogP contribution is -2.24. The summed E-state index contributed by atoms with van der Waals surface area (Å²) >= 11 is 3.26. The molecule has 0 saturated carbocycles. The smallest absolute Gasteiger partial charge is 0.0776 e. The molecule has 0 atom stereocenters. The first kappa shape index (κ1) is 10.2. The summed E-state index contributed by atoms with van der Waals surface area (Å²) in [4.78, 5) is 2.44. The van der Waals surface area contributed by atoms with Crippen LogP contribution in [0.15, 0.2) is 11.1 Å². The summed E-state index contributed by atoms with van der Waals surface area (Å²) in [6.07, 6.45) is 2.70. The molecule has 0 aromatic carbocycles. The Balaban J connectivity index is 1.91. The van der Waals surface area contributed by atoms with E-state index in [9.17, 15) is 0 Å². The fourth-order valence-corrected chi connectivity index (χ4v) is 1.54. The number of ether oxygens (including phenoxy) is 1. The fourth-order valence-electron chi connectivity index (χ4n) is 1.38. The molecule has 1 heterocycles. The molecule has 0 bridgehead atoms. The predicted molar refractivity (Wildman–Crippen MR) is 54.6 cm³/mol. The number of hydrogen-bond acceptors (Lipinski definition) is 2. The maximum atomic E-state index is 5.37. The Labute approximate surface area is 82.7 Å². The Morgan fingerprint density at radius 2 is 2.08 bits per heavy atom. The van der Waals surface area contributed by atoms with Gasteiger partial charge in [-0.15, -0.1) is 0 Å². The molecule has 2 nitrogen and oxygen atoms in total. The van der Waals surface area contributed by atoms with E-state index in [2.05, 4.69) is 27.4 Å². The van der Waals surface area contributed by atoms with Gasteiger partial charge in [-0.2, -0.15) is 0 Å². The van der Waals surface area contributed by atoms with E-state index in [1.165, 1.54) is 25.9 Å². The molecular weight excluding hydrogens is 218 g/mol. The highest BCUT2D eigenvalue weighted by Gasteiger charge is 2.09. The summed E-state index contributed by atoms with van der Waals surface area (Å²) in [7, 11) is 0. The number of halogens is 1. The zero-order valence-electron chi connectivity index (χ0n) is 7.39. The number of nitrogens with zero attached hydrogens (tertiary/aromatic N) is 1. The van der Waals surface area contributed by atoms with E-state index >= 15 is 0 Å². The van der Waals surface area contributed by atoms with E-state index in [0.717, 1.165) is 17.6 Å². The van der Waals surface area contributed by atoms with E-state index in [1.54, 1.807) is 0 Å². The third kappa shape index (κ3) is 4.24. The number of rotatable bonds is 5. The second-order valence-corrected chi connectivity index (χ2v) is 4.24. The van der Waals surface area contributed by atoms with Crippen molar-refractivity contribution in [1.29, 1.82) is 0 Å². The highest BCUT2D eigenvalue weighted by Crippen LogP contribution is 2.06. The van der Waals surface area contributed by atoms with Gasteiger partial charge in [0.25, 0.3) is 0 Å². The topological polar surface area (TPSA) is 12.5 Å². The highest BCUT2D eigenvalue weighted by molar-refractivity contribution is 9.11. The van der Waals surface area contributed by atoms with Gasteiger partial charge in [-0.05, 0) is 25.9 Å². The van der Waals surface area contributed by atoms with Gasteiger partial charge in [0.05, 0.1) is 13.2 Å². The van der Waals surface area contributed by atoms with Crippen molar-refractivity contribution >= 4 is 15.9 Å². The Kier molecular flexibility index (Phi) is 4.88. The van der Waals surface area contributed by atoms with Crippen LogP contribution < -0.4 is 0 Å². The van der Waals surface area contributed by atoms with Crippen LogP contribution in [0.1, 0.15) is 12.8 Å². The van der Waals surface area contributed by atoms with Gasteiger partial charge in [-0.1, -0.05) is 22.5 Å². The van der Waals surface area contributed by atoms with Crippen LogP contribution in [0.5, 0.6) is 0 Å². The van der Waals surface area contributed by atoms with E-state index in [4.69, 9.17) is 4.74 Å². The minimum atomic E-state index is 0.633. The molecule has 0 spiro atoms. The molecule has 0 amide bonds. The average molecular weight is 234 g/mol. The maximum Gasteiger partial charge on any atom is 0.0776 e. The van der Waals surface area contributed by atoms with Crippen molar-refractivity contribution in [1.82, 2.24) is 4.90 Å². The van der Waals surface area contributed by atoms with Crippen LogP contribution in [0.25, 0.3) is 0 Å². The lowest BCUT2D eigenvalue weighted by atomic mass is 10.4. The van der Waals surface area contributed by atoms with Crippen LogP contribution in [-0.4, -0.2) is 37.7 Å². The first-order valence-corrected chi connectivity index (χ1v) is 5.22. The van der Waals surface area contributed by atoms with Crippen LogP contribution in [-0.2, 0) is 4.74 Å². The third-order valence-electron chi connectivity index (χ3n) is 2.01. The van der Waals surface area contributed by atoms with E-state index < -0.39 is 0 Å². The summed E-state index contributed by atoms with van der Waals surface area (Å²) in [5.74, 6) is 0. The van der Waals surface area contributed by atoms with Crippen molar-refractivity contribution in [3.8, 4) is 0 Å². The first-order valence-electron chi connectivity index (χ1n) is 4.42. The molecule has 1 saturated heterocycles. The van der Waals surface area contributed by atoms with Crippen LogP contribution >= 0.6 is 15.9 Å². The molecule has 70 valence electrons. The maximum absolute atomic E-state index is 5.37. The van der Waals surface area contributed by atoms with Gasteiger partial charge in [0.15, 0.2) is 0 Å². The van der Waals surface area contributed by atoms with E-state index in [0.29, 0.717) is 6.61 Å². The monoisotopic (exact) mass is 233 g/mol. The van der Waals surface area contributed by atoms with Gasteiger partial charge < -0.3 is 9.64 Å². The Morgan fingerprint density at radius 1 is 1.42 bits per heavy atom. The largest absolute Gasteiger partial charge is 0.375 e. The summed E-state index contributed by atoms with van der Waals surface area (Å²) < 4.78 is 6.29. The fraction of sp³-hybridized carbons (Fsp3) is 0.778. The normalized spacial score (nSPS) is 18.4. The minimum absolute atomic E-state index is 0.633. The summed E-state index contributed by atoms with van der Waals surface area (Å²) in [5.41, 5.74) is 0. The molecule has 1 rings (SSSR count). The summed E-state index contributed by atoms with van der Waals surface area (Å²) in [6.45, 7) is 8.73. The average Bonchev–Trinajstić information content (AvgIpc) is 2.49. The predicted octanol–water partition coefficient (Wildman–Crippen LogP) is 2.01. The second kappa shape index (κ2) is 5.73. The molecular formula is C9H16BrNO. The van der Waals surface area contributed by atoms with Crippen molar-refractivity contribution in [3.05, 3.63) is 11.1 Å². The van der Waals surface area contributed by atoms with Gasteiger partial charge in [-0.25, -0.2) is 0 Å². The van der Waals surface area contributed by atoms with Crippen LogP contribution in [0.4, 0.5) is 0 Å². The molecule has 12 heavy (non-hydrogen) atoms. The van der Waals surface area contributed by atoms with Crippen molar-refractivity contribution in [2.24, 2.45) is 0 Å². The number of likely N-dealkylation sites (tertiary alicyclic amines) is 1.